The first-order chi connectivity index (χ1) is 10.5. The Morgan fingerprint density at radius 3 is 2.50 bits per heavy atom. The Morgan fingerprint density at radius 1 is 1.23 bits per heavy atom. The second-order valence-electron chi connectivity index (χ2n) is 6.42. The van der Waals surface area contributed by atoms with Gasteiger partial charge in [-0.05, 0) is 55.6 Å². The van der Waals surface area contributed by atoms with Crippen molar-refractivity contribution in [3.63, 3.8) is 0 Å². The van der Waals surface area contributed by atoms with Crippen molar-refractivity contribution < 1.29 is 14.3 Å². The Balaban J connectivity index is 1.58. The third kappa shape index (κ3) is 3.03. The summed E-state index contributed by atoms with van der Waals surface area (Å²) in [5, 5.41) is 9.91. The largest absolute Gasteiger partial charge is 0.508 e. The zero-order chi connectivity index (χ0) is 15.7. The third-order valence-electron chi connectivity index (χ3n) is 5.15. The molecule has 2 fully saturated rings. The summed E-state index contributed by atoms with van der Waals surface area (Å²) in [6.45, 7) is 1.44. The number of rotatable bonds is 2. The number of carbonyl (C=O) groups is 1. The van der Waals surface area contributed by atoms with Crippen LogP contribution in [0.15, 0.2) is 18.2 Å². The number of phenolic OH excluding ortho intramolecular Hbond substituents is 1. The predicted molar refractivity (Wildman–Crippen MR) is 81.8 cm³/mol. The van der Waals surface area contributed by atoms with Crippen LogP contribution in [0.25, 0.3) is 0 Å². The fourth-order valence-electron chi connectivity index (χ4n) is 3.88. The summed E-state index contributed by atoms with van der Waals surface area (Å²) in [5.41, 5.74) is 6.19. The van der Waals surface area contributed by atoms with Crippen molar-refractivity contribution in [2.75, 3.05) is 13.1 Å². The lowest BCUT2D eigenvalue weighted by Crippen LogP contribution is -2.34. The summed E-state index contributed by atoms with van der Waals surface area (Å²) in [5.74, 6) is 1.94. The standard InChI is InChI=1S/C17H22FN2O2/c18-14-5-6-15(16(21)9-14)12-3-1-11(2-4-12)13-7-8-20(10-13)17(19)22/h5-6,9,11-12,21H,1-4,7-8,10H2,(H2,19,22). The van der Waals surface area contributed by atoms with E-state index in [1.54, 1.807) is 11.0 Å². The van der Waals surface area contributed by atoms with Gasteiger partial charge >= 0.3 is 6.03 Å². The Labute approximate surface area is 130 Å². The molecular formula is C17H22FN2O2. The summed E-state index contributed by atoms with van der Waals surface area (Å²) < 4.78 is 13.1. The van der Waals surface area contributed by atoms with E-state index in [1.807, 2.05) is 0 Å². The maximum atomic E-state index is 13.1. The summed E-state index contributed by atoms with van der Waals surface area (Å²) in [4.78, 5) is 12.9. The van der Waals surface area contributed by atoms with Crippen LogP contribution in [-0.4, -0.2) is 29.1 Å². The van der Waals surface area contributed by atoms with Crippen molar-refractivity contribution in [3.8, 4) is 5.75 Å². The summed E-state index contributed by atoms with van der Waals surface area (Å²) >= 11 is 0. The van der Waals surface area contributed by atoms with Gasteiger partial charge in [0.15, 0.2) is 0 Å². The molecule has 1 aliphatic heterocycles. The van der Waals surface area contributed by atoms with Crippen molar-refractivity contribution in [3.05, 3.63) is 35.5 Å². The highest BCUT2D eigenvalue weighted by molar-refractivity contribution is 5.72. The number of likely N-dealkylation sites (tertiary alicyclic amines) is 1. The Bertz CT molecular complexity index is 556. The number of amides is 2. The summed E-state index contributed by atoms with van der Waals surface area (Å²) in [6.07, 6.45) is 5.06. The van der Waals surface area contributed by atoms with Crippen LogP contribution in [0.4, 0.5) is 9.18 Å². The van der Waals surface area contributed by atoms with Crippen LogP contribution in [-0.2, 0) is 0 Å². The summed E-state index contributed by atoms with van der Waals surface area (Å²) in [7, 11) is 0. The first kappa shape index (κ1) is 15.1. The highest BCUT2D eigenvalue weighted by atomic mass is 19.1. The van der Waals surface area contributed by atoms with Crippen LogP contribution in [0, 0.1) is 17.7 Å². The molecule has 5 heteroatoms. The van der Waals surface area contributed by atoms with Gasteiger partial charge in [-0.15, -0.1) is 0 Å². The number of benzene rings is 1. The maximum Gasteiger partial charge on any atom is 0.314 e. The molecule has 2 amide bonds. The lowest BCUT2D eigenvalue weighted by molar-refractivity contribution is 0.217. The van der Waals surface area contributed by atoms with Crippen LogP contribution < -0.4 is 5.73 Å². The Kier molecular flexibility index (Phi) is 4.23. The van der Waals surface area contributed by atoms with Crippen molar-refractivity contribution in [1.29, 1.82) is 0 Å². The second-order valence-corrected chi connectivity index (χ2v) is 6.42. The summed E-state index contributed by atoms with van der Waals surface area (Å²) in [6, 6.07) is 3.97. The van der Waals surface area contributed by atoms with Gasteiger partial charge in [0.05, 0.1) is 0 Å². The minimum atomic E-state index is -0.400. The Hall–Kier alpha value is -1.78. The molecule has 1 aliphatic carbocycles. The molecule has 0 atom stereocenters. The van der Waals surface area contributed by atoms with E-state index >= 15 is 0 Å². The number of nitrogens with two attached hydrogens (primary N) is 1. The molecule has 2 aliphatic rings. The number of carbonyl (C=O) groups excluding carboxylic acids is 1. The van der Waals surface area contributed by atoms with Crippen LogP contribution in [0.1, 0.15) is 43.6 Å². The zero-order valence-corrected chi connectivity index (χ0v) is 12.6. The molecule has 1 radical (unpaired) electrons. The van der Waals surface area contributed by atoms with E-state index in [0.717, 1.165) is 44.2 Å². The van der Waals surface area contributed by atoms with Crippen LogP contribution in [0.5, 0.6) is 5.75 Å². The number of aromatic hydroxyl groups is 1. The highest BCUT2D eigenvalue weighted by Crippen LogP contribution is 2.43. The van der Waals surface area contributed by atoms with Gasteiger partial charge in [-0.2, -0.15) is 0 Å². The first-order valence-corrected chi connectivity index (χ1v) is 7.92. The number of halogens is 1. The van der Waals surface area contributed by atoms with E-state index < -0.39 is 5.82 Å². The maximum absolute atomic E-state index is 13.1. The van der Waals surface area contributed by atoms with Gasteiger partial charge in [0, 0.05) is 25.1 Å². The van der Waals surface area contributed by atoms with E-state index in [0.29, 0.717) is 18.4 Å². The molecule has 0 spiro atoms. The van der Waals surface area contributed by atoms with Gasteiger partial charge < -0.3 is 15.7 Å². The molecule has 0 bridgehead atoms. The lowest BCUT2D eigenvalue weighted by atomic mass is 9.73. The van der Waals surface area contributed by atoms with Gasteiger partial charge in [-0.1, -0.05) is 6.07 Å². The quantitative estimate of drug-likeness (QED) is 0.881. The minimum Gasteiger partial charge on any atom is -0.508 e. The number of nitrogens with zero attached hydrogens (tertiary/aromatic N) is 1. The predicted octanol–water partition coefficient (Wildman–Crippen LogP) is 3.16. The van der Waals surface area contributed by atoms with Crippen molar-refractivity contribution in [2.24, 2.45) is 11.7 Å². The molecule has 1 aromatic carbocycles. The van der Waals surface area contributed by atoms with Crippen LogP contribution in [0.2, 0.25) is 0 Å². The lowest BCUT2D eigenvalue weighted by Gasteiger charge is -2.32. The molecule has 1 heterocycles. The van der Waals surface area contributed by atoms with Crippen molar-refractivity contribution in [1.82, 2.24) is 4.90 Å². The normalized spacial score (nSPS) is 26.3. The van der Waals surface area contributed by atoms with Gasteiger partial charge in [-0.25, -0.2) is 9.18 Å². The molecule has 119 valence electrons. The molecule has 3 rings (SSSR count). The van der Waals surface area contributed by atoms with Gasteiger partial charge in [0.25, 0.3) is 0 Å². The molecule has 1 saturated heterocycles. The fraction of sp³-hybridized carbons (Fsp3) is 0.529. The van der Waals surface area contributed by atoms with Gasteiger partial charge in [0.2, 0.25) is 0 Å². The Morgan fingerprint density at radius 2 is 1.91 bits per heavy atom. The van der Waals surface area contributed by atoms with E-state index in [1.165, 1.54) is 18.1 Å². The van der Waals surface area contributed by atoms with Crippen LogP contribution in [0.3, 0.4) is 0 Å². The average molecular weight is 305 g/mol. The number of urea groups is 1. The number of hydrogen-bond acceptors (Lipinski definition) is 2. The molecule has 0 unspecified atom stereocenters. The highest BCUT2D eigenvalue weighted by Gasteiger charge is 2.34. The fourth-order valence-corrected chi connectivity index (χ4v) is 3.88. The molecule has 3 N–H and O–H groups in total. The SMILES string of the molecule is NC(=O)N1CC[C](C2CCC(c3ccc(F)cc3O)CC2)C1. The van der Waals surface area contributed by atoms with E-state index in [-0.39, 0.29) is 11.8 Å². The van der Waals surface area contributed by atoms with Crippen molar-refractivity contribution in [2.45, 2.75) is 38.0 Å². The monoisotopic (exact) mass is 305 g/mol. The number of primary amides is 1. The topological polar surface area (TPSA) is 66.6 Å². The first-order valence-electron chi connectivity index (χ1n) is 7.92. The third-order valence-corrected chi connectivity index (χ3v) is 5.15. The van der Waals surface area contributed by atoms with Crippen LogP contribution >= 0.6 is 0 Å². The minimum absolute atomic E-state index is 0.0665. The molecule has 1 saturated carbocycles. The average Bonchev–Trinajstić information content (AvgIpc) is 2.98. The smallest absolute Gasteiger partial charge is 0.314 e. The number of hydrogen-bond donors (Lipinski definition) is 2. The number of phenols is 1. The van der Waals surface area contributed by atoms with E-state index in [4.69, 9.17) is 5.73 Å². The molecule has 22 heavy (non-hydrogen) atoms. The molecule has 4 nitrogen and oxygen atoms in total. The van der Waals surface area contributed by atoms with Gasteiger partial charge in [0.1, 0.15) is 11.6 Å². The molecule has 1 aromatic rings. The van der Waals surface area contributed by atoms with E-state index in [2.05, 4.69) is 0 Å². The second kappa shape index (κ2) is 6.15. The molecular weight excluding hydrogens is 283 g/mol. The molecule has 0 aromatic heterocycles. The van der Waals surface area contributed by atoms with E-state index in [9.17, 15) is 14.3 Å². The zero-order valence-electron chi connectivity index (χ0n) is 12.6. The van der Waals surface area contributed by atoms with Crippen molar-refractivity contribution >= 4 is 6.03 Å². The van der Waals surface area contributed by atoms with Gasteiger partial charge in [-0.3, -0.25) is 0 Å².